The fraction of sp³-hybridized carbons (Fsp3) is 0.143. The molecule has 164 valence electrons. The minimum absolute atomic E-state index is 0.0952. The zero-order chi connectivity index (χ0) is 22.7. The number of hydrogen-bond donors (Lipinski definition) is 1. The second kappa shape index (κ2) is 9.45. The molecule has 0 aliphatic carbocycles. The number of ether oxygens (including phenoxy) is 1. The molecule has 32 heavy (non-hydrogen) atoms. The number of para-hydroxylation sites is 1. The number of amides is 1. The van der Waals surface area contributed by atoms with E-state index in [1.54, 1.807) is 17.1 Å². The third kappa shape index (κ3) is 4.63. The van der Waals surface area contributed by atoms with Gasteiger partial charge in [-0.1, -0.05) is 23.9 Å². The van der Waals surface area contributed by atoms with Crippen LogP contribution >= 0.6 is 23.1 Å². The number of thioether (sulfide) groups is 1. The molecule has 0 aliphatic rings. The van der Waals surface area contributed by atoms with Gasteiger partial charge < -0.3 is 14.6 Å². The number of nitrogens with one attached hydrogen (secondary N) is 1. The highest BCUT2D eigenvalue weighted by atomic mass is 32.2. The van der Waals surface area contributed by atoms with Crippen molar-refractivity contribution in [3.8, 4) is 28.4 Å². The number of rotatable bonds is 7. The van der Waals surface area contributed by atoms with Gasteiger partial charge in [0.1, 0.15) is 5.75 Å². The fourth-order valence-electron chi connectivity index (χ4n) is 2.91. The number of methoxy groups -OCH3 is 1. The standard InChI is InChI=1S/C21H17F2N5O2S2/c1-28-19(13-5-3-4-6-17(13)30-2)26-27-21(28)32-11-18(29)25-20-24-16(10-31-20)12-7-8-14(22)15(23)9-12/h3-10H,11H2,1-2H3,(H,24,25,29). The molecule has 0 saturated heterocycles. The predicted octanol–water partition coefficient (Wildman–Crippen LogP) is 4.62. The van der Waals surface area contributed by atoms with Crippen molar-refractivity contribution in [1.82, 2.24) is 19.7 Å². The summed E-state index contributed by atoms with van der Waals surface area (Å²) in [5.74, 6) is -0.749. The number of benzene rings is 2. The Hall–Kier alpha value is -3.31. The van der Waals surface area contributed by atoms with Crippen LogP contribution in [-0.2, 0) is 11.8 Å². The Bertz CT molecular complexity index is 1270. The molecule has 7 nitrogen and oxygen atoms in total. The van der Waals surface area contributed by atoms with Gasteiger partial charge in [0, 0.05) is 18.0 Å². The lowest BCUT2D eigenvalue weighted by molar-refractivity contribution is -0.113. The minimum Gasteiger partial charge on any atom is -0.496 e. The molecule has 4 rings (SSSR count). The Labute approximate surface area is 190 Å². The molecule has 2 aromatic heterocycles. The predicted molar refractivity (Wildman–Crippen MR) is 120 cm³/mol. The molecule has 0 atom stereocenters. The highest BCUT2D eigenvalue weighted by Gasteiger charge is 2.16. The lowest BCUT2D eigenvalue weighted by Gasteiger charge is -2.08. The molecule has 0 bridgehead atoms. The van der Waals surface area contributed by atoms with Gasteiger partial charge >= 0.3 is 0 Å². The quantitative estimate of drug-likeness (QED) is 0.395. The van der Waals surface area contributed by atoms with Gasteiger partial charge in [0.25, 0.3) is 0 Å². The van der Waals surface area contributed by atoms with Gasteiger partial charge in [-0.25, -0.2) is 13.8 Å². The lowest BCUT2D eigenvalue weighted by atomic mass is 10.2. The molecule has 1 amide bonds. The first-order valence-corrected chi connectivity index (χ1v) is 11.2. The number of hydrogen-bond acceptors (Lipinski definition) is 7. The molecule has 4 aromatic rings. The van der Waals surface area contributed by atoms with Gasteiger partial charge in [0.05, 0.1) is 24.1 Å². The maximum Gasteiger partial charge on any atom is 0.236 e. The number of halogens is 2. The third-order valence-corrected chi connectivity index (χ3v) is 6.26. The van der Waals surface area contributed by atoms with Crippen molar-refractivity contribution in [2.24, 2.45) is 7.05 Å². The van der Waals surface area contributed by atoms with Crippen molar-refractivity contribution in [3.63, 3.8) is 0 Å². The second-order valence-electron chi connectivity index (χ2n) is 6.57. The number of thiazole rings is 1. The number of carbonyl (C=O) groups is 1. The lowest BCUT2D eigenvalue weighted by Crippen LogP contribution is -2.14. The van der Waals surface area contributed by atoms with Crippen molar-refractivity contribution >= 4 is 34.1 Å². The maximum atomic E-state index is 13.4. The highest BCUT2D eigenvalue weighted by Crippen LogP contribution is 2.30. The second-order valence-corrected chi connectivity index (χ2v) is 8.37. The Balaban J connectivity index is 1.39. The van der Waals surface area contributed by atoms with Crippen LogP contribution in [0.1, 0.15) is 0 Å². The Kier molecular flexibility index (Phi) is 6.47. The average molecular weight is 474 g/mol. The van der Waals surface area contributed by atoms with E-state index in [1.165, 1.54) is 29.2 Å². The maximum absolute atomic E-state index is 13.4. The van der Waals surface area contributed by atoms with Gasteiger partial charge in [-0.15, -0.1) is 21.5 Å². The van der Waals surface area contributed by atoms with Crippen molar-refractivity contribution in [3.05, 3.63) is 59.5 Å². The van der Waals surface area contributed by atoms with Crippen LogP contribution in [0, 0.1) is 11.6 Å². The Morgan fingerprint density at radius 2 is 2.00 bits per heavy atom. The van der Waals surface area contributed by atoms with Crippen LogP contribution in [-0.4, -0.2) is 38.5 Å². The summed E-state index contributed by atoms with van der Waals surface area (Å²) in [5, 5.41) is 13.7. The van der Waals surface area contributed by atoms with E-state index in [4.69, 9.17) is 4.74 Å². The summed E-state index contributed by atoms with van der Waals surface area (Å²) < 4.78 is 33.7. The zero-order valence-electron chi connectivity index (χ0n) is 17.0. The summed E-state index contributed by atoms with van der Waals surface area (Å²) in [5.41, 5.74) is 1.68. The van der Waals surface area contributed by atoms with E-state index in [0.29, 0.717) is 33.1 Å². The molecule has 0 fully saturated rings. The molecule has 1 N–H and O–H groups in total. The van der Waals surface area contributed by atoms with Crippen LogP contribution in [0.4, 0.5) is 13.9 Å². The number of anilines is 1. The summed E-state index contributed by atoms with van der Waals surface area (Å²) in [4.78, 5) is 16.6. The van der Waals surface area contributed by atoms with E-state index in [0.717, 1.165) is 17.7 Å². The van der Waals surface area contributed by atoms with Gasteiger partial charge in [0.15, 0.2) is 27.7 Å². The summed E-state index contributed by atoms with van der Waals surface area (Å²) in [6.45, 7) is 0. The topological polar surface area (TPSA) is 81.9 Å². The van der Waals surface area contributed by atoms with E-state index in [1.807, 2.05) is 31.3 Å². The highest BCUT2D eigenvalue weighted by molar-refractivity contribution is 7.99. The van der Waals surface area contributed by atoms with Crippen molar-refractivity contribution in [2.45, 2.75) is 5.16 Å². The van der Waals surface area contributed by atoms with E-state index >= 15 is 0 Å². The van der Waals surface area contributed by atoms with Gasteiger partial charge in [0.2, 0.25) is 5.91 Å². The van der Waals surface area contributed by atoms with Crippen molar-refractivity contribution < 1.29 is 18.3 Å². The molecule has 0 saturated carbocycles. The van der Waals surface area contributed by atoms with Crippen LogP contribution in [0.15, 0.2) is 53.0 Å². The van der Waals surface area contributed by atoms with Gasteiger partial charge in [-0.2, -0.15) is 0 Å². The van der Waals surface area contributed by atoms with Crippen LogP contribution in [0.2, 0.25) is 0 Å². The van der Waals surface area contributed by atoms with E-state index < -0.39 is 11.6 Å². The molecule has 2 heterocycles. The summed E-state index contributed by atoms with van der Waals surface area (Å²) in [7, 11) is 3.41. The van der Waals surface area contributed by atoms with E-state index in [-0.39, 0.29) is 11.7 Å². The average Bonchev–Trinajstić information content (AvgIpc) is 3.40. The first-order chi connectivity index (χ1) is 15.5. The first kappa shape index (κ1) is 21.9. The minimum atomic E-state index is -0.950. The Morgan fingerprint density at radius 1 is 1.19 bits per heavy atom. The fourth-order valence-corrected chi connectivity index (χ4v) is 4.36. The molecular formula is C21H17F2N5O2S2. The molecule has 0 radical (unpaired) electrons. The normalized spacial score (nSPS) is 10.9. The number of aromatic nitrogens is 4. The van der Waals surface area contributed by atoms with Gasteiger partial charge in [-0.05, 0) is 30.3 Å². The zero-order valence-corrected chi connectivity index (χ0v) is 18.6. The van der Waals surface area contributed by atoms with Crippen LogP contribution in [0.3, 0.4) is 0 Å². The van der Waals surface area contributed by atoms with Gasteiger partial charge in [-0.3, -0.25) is 4.79 Å². The molecule has 0 spiro atoms. The summed E-state index contributed by atoms with van der Waals surface area (Å²) in [6.07, 6.45) is 0. The molecule has 2 aromatic carbocycles. The van der Waals surface area contributed by atoms with Crippen LogP contribution in [0.5, 0.6) is 5.75 Å². The monoisotopic (exact) mass is 473 g/mol. The molecule has 11 heteroatoms. The molecule has 0 aliphatic heterocycles. The summed E-state index contributed by atoms with van der Waals surface area (Å²) in [6, 6.07) is 11.0. The third-order valence-electron chi connectivity index (χ3n) is 4.48. The van der Waals surface area contributed by atoms with Crippen LogP contribution in [0.25, 0.3) is 22.6 Å². The Morgan fingerprint density at radius 3 is 2.78 bits per heavy atom. The number of nitrogens with zero attached hydrogens (tertiary/aromatic N) is 4. The first-order valence-electron chi connectivity index (χ1n) is 9.32. The SMILES string of the molecule is COc1ccccc1-c1nnc(SCC(=O)Nc2nc(-c3ccc(F)c(F)c3)cs2)n1C. The smallest absolute Gasteiger partial charge is 0.236 e. The van der Waals surface area contributed by atoms with Crippen LogP contribution < -0.4 is 10.1 Å². The molecule has 0 unspecified atom stereocenters. The van der Waals surface area contributed by atoms with Crippen molar-refractivity contribution in [2.75, 3.05) is 18.2 Å². The largest absolute Gasteiger partial charge is 0.496 e. The van der Waals surface area contributed by atoms with E-state index in [2.05, 4.69) is 20.5 Å². The van der Waals surface area contributed by atoms with E-state index in [9.17, 15) is 13.6 Å². The molecular weight excluding hydrogens is 456 g/mol. The number of carbonyl (C=O) groups excluding carboxylic acids is 1. The summed E-state index contributed by atoms with van der Waals surface area (Å²) >= 11 is 2.43. The van der Waals surface area contributed by atoms with Crippen molar-refractivity contribution in [1.29, 1.82) is 0 Å².